The highest BCUT2D eigenvalue weighted by Gasteiger charge is 2.25. The van der Waals surface area contributed by atoms with Crippen LogP contribution in [-0.4, -0.2) is 24.8 Å². The van der Waals surface area contributed by atoms with Crippen LogP contribution in [0.25, 0.3) is 0 Å². The third kappa shape index (κ3) is 1.97. The molecule has 0 spiro atoms. The van der Waals surface area contributed by atoms with Crippen LogP contribution in [-0.2, 0) is 12.8 Å². The van der Waals surface area contributed by atoms with Gasteiger partial charge in [0, 0.05) is 6.42 Å². The molecule has 0 aromatic heterocycles. The summed E-state index contributed by atoms with van der Waals surface area (Å²) < 4.78 is 5.57. The van der Waals surface area contributed by atoms with Gasteiger partial charge in [-0.3, -0.25) is 0 Å². The fourth-order valence-electron chi connectivity index (χ4n) is 2.02. The molecule has 88 valence electrons. The van der Waals surface area contributed by atoms with Gasteiger partial charge in [-0.1, -0.05) is 11.6 Å². The average molecular weight is 242 g/mol. The molecule has 1 atom stereocenters. The molecule has 0 saturated heterocycles. The molecule has 3 nitrogen and oxygen atoms in total. The predicted molar refractivity (Wildman–Crippen MR) is 64.5 cm³/mol. The minimum Gasteiger partial charge on any atom is -0.506 e. The summed E-state index contributed by atoms with van der Waals surface area (Å²) in [6, 6.07) is 2.00. The Balaban J connectivity index is 2.36. The minimum absolute atomic E-state index is 0.145. The zero-order valence-corrected chi connectivity index (χ0v) is 10.3. The number of hydrogen-bond donors (Lipinski definition) is 2. The predicted octanol–water partition coefficient (Wildman–Crippen LogP) is 2.13. The number of phenols is 1. The maximum Gasteiger partial charge on any atom is 0.145 e. The Bertz CT molecular complexity index is 406. The van der Waals surface area contributed by atoms with Crippen LogP contribution in [0.15, 0.2) is 6.07 Å². The molecule has 0 radical (unpaired) electrons. The first-order chi connectivity index (χ1) is 7.63. The first kappa shape index (κ1) is 11.6. The number of phenolic OH excluding ortho intramolecular Hbond substituents is 1. The van der Waals surface area contributed by atoms with Gasteiger partial charge < -0.3 is 15.2 Å². The summed E-state index contributed by atoms with van der Waals surface area (Å²) in [5.74, 6) is 0.810. The number of aromatic hydroxyl groups is 1. The molecule has 1 aliphatic rings. The van der Waals surface area contributed by atoms with E-state index in [1.165, 1.54) is 0 Å². The molecule has 0 bridgehead atoms. The molecule has 2 N–H and O–H groups in total. The van der Waals surface area contributed by atoms with Crippen molar-refractivity contribution in [3.8, 4) is 11.5 Å². The largest absolute Gasteiger partial charge is 0.506 e. The first-order valence-corrected chi connectivity index (χ1v) is 5.85. The van der Waals surface area contributed by atoms with E-state index in [-0.39, 0.29) is 11.9 Å². The van der Waals surface area contributed by atoms with E-state index in [1.807, 2.05) is 20.0 Å². The van der Waals surface area contributed by atoms with Gasteiger partial charge in [-0.05, 0) is 44.1 Å². The number of rotatable bonds is 3. The Morgan fingerprint density at radius 2 is 2.38 bits per heavy atom. The van der Waals surface area contributed by atoms with Crippen molar-refractivity contribution in [2.75, 3.05) is 13.6 Å². The molecule has 1 aliphatic heterocycles. The van der Waals surface area contributed by atoms with Gasteiger partial charge in [0.15, 0.2) is 0 Å². The molecule has 0 fully saturated rings. The van der Waals surface area contributed by atoms with Crippen LogP contribution >= 0.6 is 11.6 Å². The van der Waals surface area contributed by atoms with E-state index >= 15 is 0 Å². The van der Waals surface area contributed by atoms with Crippen molar-refractivity contribution in [1.29, 1.82) is 0 Å². The van der Waals surface area contributed by atoms with Crippen molar-refractivity contribution in [1.82, 2.24) is 5.32 Å². The highest BCUT2D eigenvalue weighted by molar-refractivity contribution is 6.33. The molecule has 2 rings (SSSR count). The Morgan fingerprint density at radius 3 is 3.06 bits per heavy atom. The molecule has 1 heterocycles. The monoisotopic (exact) mass is 241 g/mol. The van der Waals surface area contributed by atoms with E-state index in [9.17, 15) is 5.11 Å². The van der Waals surface area contributed by atoms with Crippen LogP contribution in [0.3, 0.4) is 0 Å². The van der Waals surface area contributed by atoms with Gasteiger partial charge in [-0.2, -0.15) is 0 Å². The summed E-state index contributed by atoms with van der Waals surface area (Å²) in [7, 11) is 1.89. The lowest BCUT2D eigenvalue weighted by molar-refractivity contribution is 0.254. The Labute approximate surface area is 100 Å². The van der Waals surface area contributed by atoms with E-state index in [2.05, 4.69) is 5.32 Å². The molecule has 1 aromatic carbocycles. The lowest BCUT2D eigenvalue weighted by atomic mass is 10.0. The third-order valence-corrected chi connectivity index (χ3v) is 3.17. The Hall–Kier alpha value is -0.930. The number of hydrogen-bond acceptors (Lipinski definition) is 3. The van der Waals surface area contributed by atoms with Gasteiger partial charge in [0.05, 0.1) is 0 Å². The highest BCUT2D eigenvalue weighted by Crippen LogP contribution is 2.43. The molecular weight excluding hydrogens is 226 g/mol. The number of fused-ring (bicyclic) bond motifs is 1. The lowest BCUT2D eigenvalue weighted by Crippen LogP contribution is -2.10. The topological polar surface area (TPSA) is 41.5 Å². The number of halogens is 1. The van der Waals surface area contributed by atoms with Crippen molar-refractivity contribution in [2.45, 2.75) is 25.9 Å². The molecular formula is C12H16ClNO2. The van der Waals surface area contributed by atoms with Gasteiger partial charge >= 0.3 is 0 Å². The van der Waals surface area contributed by atoms with Crippen LogP contribution < -0.4 is 10.1 Å². The summed E-state index contributed by atoms with van der Waals surface area (Å²) in [5.41, 5.74) is 1.98. The summed E-state index contributed by atoms with van der Waals surface area (Å²) in [6.07, 6.45) is 1.78. The second kappa shape index (κ2) is 4.52. The first-order valence-electron chi connectivity index (χ1n) is 5.48. The number of benzene rings is 1. The second-order valence-corrected chi connectivity index (χ2v) is 4.55. The lowest BCUT2D eigenvalue weighted by Gasteiger charge is -2.10. The van der Waals surface area contributed by atoms with Crippen molar-refractivity contribution in [3.05, 3.63) is 22.2 Å². The SMILES string of the molecule is CNCCc1cc2c(c(Cl)c1O)OC(C)C2. The van der Waals surface area contributed by atoms with Gasteiger partial charge in [0.1, 0.15) is 22.6 Å². The fraction of sp³-hybridized carbons (Fsp3) is 0.500. The fourth-order valence-corrected chi connectivity index (χ4v) is 2.30. The van der Waals surface area contributed by atoms with Gasteiger partial charge in [-0.15, -0.1) is 0 Å². The Kier molecular flexibility index (Phi) is 3.26. The smallest absolute Gasteiger partial charge is 0.145 e. The zero-order chi connectivity index (χ0) is 11.7. The molecule has 1 aromatic rings. The second-order valence-electron chi connectivity index (χ2n) is 4.17. The molecule has 0 amide bonds. The maximum absolute atomic E-state index is 9.93. The quantitative estimate of drug-likeness (QED) is 0.852. The van der Waals surface area contributed by atoms with Gasteiger partial charge in [0.2, 0.25) is 0 Å². The van der Waals surface area contributed by atoms with E-state index in [0.717, 1.165) is 30.5 Å². The van der Waals surface area contributed by atoms with Crippen LogP contribution in [0.4, 0.5) is 0 Å². The van der Waals surface area contributed by atoms with E-state index in [1.54, 1.807) is 0 Å². The molecule has 0 aliphatic carbocycles. The van der Waals surface area contributed by atoms with Crippen LogP contribution in [0, 0.1) is 0 Å². The summed E-state index contributed by atoms with van der Waals surface area (Å²) in [6.45, 7) is 2.82. The summed E-state index contributed by atoms with van der Waals surface area (Å²) in [5, 5.41) is 13.3. The molecule has 1 unspecified atom stereocenters. The van der Waals surface area contributed by atoms with Gasteiger partial charge in [0.25, 0.3) is 0 Å². The van der Waals surface area contributed by atoms with Crippen LogP contribution in [0.1, 0.15) is 18.1 Å². The van der Waals surface area contributed by atoms with Crippen molar-refractivity contribution in [3.63, 3.8) is 0 Å². The van der Waals surface area contributed by atoms with E-state index in [4.69, 9.17) is 16.3 Å². The third-order valence-electron chi connectivity index (χ3n) is 2.82. The maximum atomic E-state index is 9.93. The normalized spacial score (nSPS) is 18.3. The minimum atomic E-state index is 0.145. The van der Waals surface area contributed by atoms with E-state index < -0.39 is 0 Å². The van der Waals surface area contributed by atoms with Crippen LogP contribution in [0.5, 0.6) is 11.5 Å². The highest BCUT2D eigenvalue weighted by atomic mass is 35.5. The summed E-state index contributed by atoms with van der Waals surface area (Å²) in [4.78, 5) is 0. The molecule has 0 saturated carbocycles. The molecule has 4 heteroatoms. The zero-order valence-electron chi connectivity index (χ0n) is 9.51. The van der Waals surface area contributed by atoms with Crippen molar-refractivity contribution < 1.29 is 9.84 Å². The molecule has 16 heavy (non-hydrogen) atoms. The standard InChI is InChI=1S/C12H16ClNO2/c1-7-5-9-6-8(3-4-14-2)11(15)10(13)12(9)16-7/h6-7,14-15H,3-5H2,1-2H3. The number of nitrogens with one attached hydrogen (secondary N) is 1. The number of ether oxygens (including phenoxy) is 1. The number of likely N-dealkylation sites (N-methyl/N-ethyl adjacent to an activating group) is 1. The average Bonchev–Trinajstić information content (AvgIpc) is 2.62. The van der Waals surface area contributed by atoms with E-state index in [0.29, 0.717) is 10.8 Å². The van der Waals surface area contributed by atoms with Crippen LogP contribution in [0.2, 0.25) is 5.02 Å². The summed E-state index contributed by atoms with van der Waals surface area (Å²) >= 11 is 6.09. The van der Waals surface area contributed by atoms with Crippen molar-refractivity contribution in [2.24, 2.45) is 0 Å². The Morgan fingerprint density at radius 1 is 1.62 bits per heavy atom. The van der Waals surface area contributed by atoms with Gasteiger partial charge in [-0.25, -0.2) is 0 Å². The van der Waals surface area contributed by atoms with Crippen molar-refractivity contribution >= 4 is 11.6 Å².